The first-order valence-electron chi connectivity index (χ1n) is 7.92. The summed E-state index contributed by atoms with van der Waals surface area (Å²) in [6.45, 7) is 6.06. The Kier molecular flexibility index (Phi) is 4.20. The molecule has 0 radical (unpaired) electrons. The fourth-order valence-corrected chi connectivity index (χ4v) is 2.15. The molecule has 3 N–H and O–H groups in total. The third kappa shape index (κ3) is 3.53. The molecule has 0 saturated heterocycles. The molecule has 1 aromatic carbocycles. The maximum atomic E-state index is 6.03. The van der Waals surface area contributed by atoms with E-state index in [1.165, 1.54) is 0 Å². The van der Waals surface area contributed by atoms with Crippen LogP contribution in [0.5, 0.6) is 5.88 Å². The van der Waals surface area contributed by atoms with Crippen LogP contribution in [0.4, 0.5) is 17.5 Å². The average molecular weight is 323 g/mol. The van der Waals surface area contributed by atoms with Crippen molar-refractivity contribution in [3.05, 3.63) is 42.5 Å². The zero-order valence-electron chi connectivity index (χ0n) is 14.1. The largest absolute Gasteiger partial charge is 0.470 e. The van der Waals surface area contributed by atoms with Gasteiger partial charge in [0.25, 0.3) is 0 Å². The quantitative estimate of drug-likeness (QED) is 0.740. The lowest BCUT2D eigenvalue weighted by Gasteiger charge is -2.24. The summed E-state index contributed by atoms with van der Waals surface area (Å²) in [5, 5.41) is 3.26. The highest BCUT2D eigenvalue weighted by Gasteiger charge is 2.21. The molecule has 0 aliphatic rings. The van der Waals surface area contributed by atoms with E-state index < -0.39 is 0 Å². The summed E-state index contributed by atoms with van der Waals surface area (Å²) >= 11 is 0. The van der Waals surface area contributed by atoms with E-state index >= 15 is 0 Å². The second-order valence-corrected chi connectivity index (χ2v) is 6.16. The first-order valence-corrected chi connectivity index (χ1v) is 7.92. The van der Waals surface area contributed by atoms with Gasteiger partial charge in [-0.1, -0.05) is 25.1 Å². The highest BCUT2D eigenvalue weighted by Crippen LogP contribution is 2.28. The Hall–Kier alpha value is -2.89. The zero-order valence-corrected chi connectivity index (χ0v) is 14.1. The van der Waals surface area contributed by atoms with Gasteiger partial charge in [0, 0.05) is 5.69 Å². The van der Waals surface area contributed by atoms with Crippen LogP contribution in [0.1, 0.15) is 27.2 Å². The van der Waals surface area contributed by atoms with E-state index in [0.717, 1.165) is 12.1 Å². The molecule has 0 fully saturated rings. The molecule has 0 aliphatic carbocycles. The number of nitrogens with two attached hydrogens (primary N) is 1. The number of ether oxygens (including phenoxy) is 1. The molecule has 124 valence electrons. The molecule has 24 heavy (non-hydrogen) atoms. The lowest BCUT2D eigenvalue weighted by Crippen LogP contribution is -2.27. The fourth-order valence-electron chi connectivity index (χ4n) is 2.15. The van der Waals surface area contributed by atoms with Crippen molar-refractivity contribution in [2.75, 3.05) is 11.1 Å². The molecule has 0 spiro atoms. The summed E-state index contributed by atoms with van der Waals surface area (Å²) in [5.74, 6) is 1.28. The van der Waals surface area contributed by atoms with Crippen molar-refractivity contribution in [3.8, 4) is 5.88 Å². The van der Waals surface area contributed by atoms with Gasteiger partial charge in [0.2, 0.25) is 11.8 Å². The maximum absolute atomic E-state index is 6.03. The minimum Gasteiger partial charge on any atom is -0.470 e. The fraction of sp³-hybridized carbons (Fsp3) is 0.278. The molecule has 0 amide bonds. The Balaban J connectivity index is 2.02. The van der Waals surface area contributed by atoms with Gasteiger partial charge in [-0.2, -0.15) is 4.98 Å². The van der Waals surface area contributed by atoms with Crippen LogP contribution in [0.25, 0.3) is 11.0 Å². The van der Waals surface area contributed by atoms with E-state index in [9.17, 15) is 0 Å². The molecule has 3 aromatic rings. The number of aromatic nitrogens is 3. The molecule has 0 aliphatic heterocycles. The van der Waals surface area contributed by atoms with Crippen LogP contribution in [0.2, 0.25) is 0 Å². The number of nitrogens with zero attached hydrogens (tertiary/aromatic N) is 3. The smallest absolute Gasteiger partial charge is 0.246 e. The van der Waals surface area contributed by atoms with Crippen LogP contribution in [-0.4, -0.2) is 20.6 Å². The number of rotatable bonds is 5. The highest BCUT2D eigenvalue weighted by molar-refractivity contribution is 5.82. The third-order valence-electron chi connectivity index (χ3n) is 3.80. The molecule has 6 nitrogen and oxygen atoms in total. The zero-order chi connectivity index (χ0) is 17.2. The molecule has 3 rings (SSSR count). The number of pyridine rings is 1. The normalized spacial score (nSPS) is 11.5. The van der Waals surface area contributed by atoms with Gasteiger partial charge in [-0.05, 0) is 44.5 Å². The summed E-state index contributed by atoms with van der Waals surface area (Å²) in [6.07, 6.45) is 0.834. The number of fused-ring (bicyclic) bond motifs is 1. The second kappa shape index (κ2) is 6.31. The molecular weight excluding hydrogens is 302 g/mol. The minimum absolute atomic E-state index is 0.176. The molecule has 0 bridgehead atoms. The third-order valence-corrected chi connectivity index (χ3v) is 3.80. The average Bonchev–Trinajstić information content (AvgIpc) is 2.56. The number of nitrogen functional groups attached to an aromatic ring is 1. The van der Waals surface area contributed by atoms with Crippen LogP contribution in [0.3, 0.4) is 0 Å². The van der Waals surface area contributed by atoms with E-state index in [0.29, 0.717) is 22.7 Å². The lowest BCUT2D eigenvalue weighted by atomic mass is 10.1. The summed E-state index contributed by atoms with van der Waals surface area (Å²) in [5.41, 5.74) is 7.64. The topological polar surface area (TPSA) is 86.0 Å². The molecule has 0 saturated carbocycles. The number of hydrogen-bond acceptors (Lipinski definition) is 6. The highest BCUT2D eigenvalue weighted by atomic mass is 16.5. The van der Waals surface area contributed by atoms with Crippen molar-refractivity contribution in [2.24, 2.45) is 0 Å². The van der Waals surface area contributed by atoms with Crippen molar-refractivity contribution >= 4 is 28.5 Å². The molecule has 0 atom stereocenters. The van der Waals surface area contributed by atoms with Gasteiger partial charge < -0.3 is 15.8 Å². The van der Waals surface area contributed by atoms with Gasteiger partial charge in [-0.15, -0.1) is 0 Å². The Morgan fingerprint density at radius 2 is 1.79 bits per heavy atom. The van der Waals surface area contributed by atoms with Crippen LogP contribution < -0.4 is 15.8 Å². The number of hydrogen-bond donors (Lipinski definition) is 2. The van der Waals surface area contributed by atoms with E-state index in [-0.39, 0.29) is 11.5 Å². The van der Waals surface area contributed by atoms with E-state index in [1.54, 1.807) is 0 Å². The van der Waals surface area contributed by atoms with Crippen molar-refractivity contribution in [2.45, 2.75) is 32.8 Å². The number of anilines is 3. The van der Waals surface area contributed by atoms with Crippen LogP contribution in [-0.2, 0) is 0 Å². The summed E-state index contributed by atoms with van der Waals surface area (Å²) in [4.78, 5) is 13.1. The Morgan fingerprint density at radius 1 is 1.04 bits per heavy atom. The van der Waals surface area contributed by atoms with Crippen molar-refractivity contribution in [1.29, 1.82) is 0 Å². The summed E-state index contributed by atoms with van der Waals surface area (Å²) in [7, 11) is 0. The van der Waals surface area contributed by atoms with Crippen molar-refractivity contribution in [3.63, 3.8) is 0 Å². The Labute approximate surface area is 141 Å². The standard InChI is InChI=1S/C18H21N5O/c1-4-18(2,3)24-16-15-13(21-17(19)23-16)10-11-14(22-15)20-12-8-6-5-7-9-12/h5-11H,4H2,1-3H3,(H,20,22)(H2,19,21,23). The van der Waals surface area contributed by atoms with Crippen LogP contribution >= 0.6 is 0 Å². The van der Waals surface area contributed by atoms with Crippen molar-refractivity contribution in [1.82, 2.24) is 15.0 Å². The molecular formula is C18H21N5O. The van der Waals surface area contributed by atoms with Gasteiger partial charge in [-0.3, -0.25) is 0 Å². The van der Waals surface area contributed by atoms with Gasteiger partial charge >= 0.3 is 0 Å². The first-order chi connectivity index (χ1) is 11.5. The van der Waals surface area contributed by atoms with Crippen LogP contribution in [0, 0.1) is 0 Å². The van der Waals surface area contributed by atoms with Gasteiger partial charge in [0.1, 0.15) is 11.4 Å². The first kappa shape index (κ1) is 16.0. The minimum atomic E-state index is -0.363. The molecule has 2 heterocycles. The molecule has 0 unspecified atom stereocenters. The molecule has 6 heteroatoms. The van der Waals surface area contributed by atoms with Crippen molar-refractivity contribution < 1.29 is 4.74 Å². The van der Waals surface area contributed by atoms with E-state index in [2.05, 4.69) is 27.2 Å². The monoisotopic (exact) mass is 323 g/mol. The predicted octanol–water partition coefficient (Wildman–Crippen LogP) is 3.92. The predicted molar refractivity (Wildman–Crippen MR) is 96.5 cm³/mol. The second-order valence-electron chi connectivity index (χ2n) is 6.16. The maximum Gasteiger partial charge on any atom is 0.246 e. The summed E-state index contributed by atoms with van der Waals surface area (Å²) in [6, 6.07) is 13.6. The number of nitrogens with one attached hydrogen (secondary N) is 1. The van der Waals surface area contributed by atoms with E-state index in [1.807, 2.05) is 56.3 Å². The number of para-hydroxylation sites is 1. The molecule has 2 aromatic heterocycles. The SMILES string of the molecule is CCC(C)(C)Oc1nc(N)nc2ccc(Nc3ccccc3)nc12. The van der Waals surface area contributed by atoms with E-state index in [4.69, 9.17) is 10.5 Å². The van der Waals surface area contributed by atoms with Gasteiger partial charge in [-0.25, -0.2) is 9.97 Å². The lowest BCUT2D eigenvalue weighted by molar-refractivity contribution is 0.101. The number of benzene rings is 1. The Morgan fingerprint density at radius 3 is 2.50 bits per heavy atom. The summed E-state index contributed by atoms with van der Waals surface area (Å²) < 4.78 is 6.03. The van der Waals surface area contributed by atoms with Gasteiger partial charge in [0.05, 0.1) is 5.52 Å². The van der Waals surface area contributed by atoms with Gasteiger partial charge in [0.15, 0.2) is 5.52 Å². The Bertz CT molecular complexity index is 849. The van der Waals surface area contributed by atoms with Crippen LogP contribution in [0.15, 0.2) is 42.5 Å².